The van der Waals surface area contributed by atoms with Crippen molar-refractivity contribution in [3.05, 3.63) is 103 Å². The minimum absolute atomic E-state index is 0. The summed E-state index contributed by atoms with van der Waals surface area (Å²) in [6, 6.07) is 33.6. The minimum atomic E-state index is -1.78. The van der Waals surface area contributed by atoms with Crippen molar-refractivity contribution in [2.45, 2.75) is 134 Å². The van der Waals surface area contributed by atoms with Gasteiger partial charge in [-0.2, -0.15) is 0 Å². The molecule has 13 nitrogen and oxygen atoms in total. The lowest BCUT2D eigenvalue weighted by Gasteiger charge is -2.36. The van der Waals surface area contributed by atoms with Crippen molar-refractivity contribution in [1.29, 1.82) is 0 Å². The number of hydrogen-bond acceptors (Lipinski definition) is 10. The third-order valence-electron chi connectivity index (χ3n) is 13.8. The molecule has 6 atom stereocenters. The van der Waals surface area contributed by atoms with Gasteiger partial charge in [-0.15, -0.1) is 0 Å². The molecular weight excluding hydrogens is 905 g/mol. The molecule has 0 aromatic heterocycles. The summed E-state index contributed by atoms with van der Waals surface area (Å²) in [4.78, 5) is 62.6. The zero-order valence-corrected chi connectivity index (χ0v) is 42.1. The number of carbonyl (C=O) groups excluding carboxylic acids is 5. The molecule has 6 saturated heterocycles. The summed E-state index contributed by atoms with van der Waals surface area (Å²) in [6.07, 6.45) is 13.7. The van der Waals surface area contributed by atoms with Gasteiger partial charge >= 0.3 is 18.3 Å². The molecule has 0 aliphatic carbocycles. The molecule has 0 radical (unpaired) electrons. The Labute approximate surface area is 410 Å². The molecule has 370 valence electrons. The van der Waals surface area contributed by atoms with Crippen molar-refractivity contribution >= 4 is 53.5 Å². The van der Waals surface area contributed by atoms with Crippen molar-refractivity contribution < 1.29 is 60.1 Å². The first-order valence-corrected chi connectivity index (χ1v) is 26.2. The molecule has 3 amide bonds. The van der Waals surface area contributed by atoms with E-state index in [2.05, 4.69) is 91.0 Å². The quantitative estimate of drug-likeness (QED) is 0.106. The predicted molar refractivity (Wildman–Crippen MR) is 261 cm³/mol. The number of halogens is 1. The number of rotatable bonds is 10. The Hall–Kier alpha value is -4.97. The molecule has 6 unspecified atom stereocenters. The van der Waals surface area contributed by atoms with E-state index in [1.54, 1.807) is 26.0 Å². The van der Waals surface area contributed by atoms with Crippen molar-refractivity contribution in [3.8, 4) is 0 Å². The number of Topliss-reactive ketones (excluding diaryl/α,β-unsaturated/α-hetero) is 1. The number of aldehydes is 1. The third kappa shape index (κ3) is 13.0. The van der Waals surface area contributed by atoms with Crippen LogP contribution in [0.5, 0.6) is 0 Å². The summed E-state index contributed by atoms with van der Waals surface area (Å²) < 4.78 is 25.9. The highest BCUT2D eigenvalue weighted by Crippen LogP contribution is 2.55. The molecule has 15 heteroatoms. The van der Waals surface area contributed by atoms with Crippen LogP contribution in [0, 0.1) is 5.92 Å². The van der Waals surface area contributed by atoms with Gasteiger partial charge in [0.05, 0.1) is 33.2 Å². The maximum absolute atomic E-state index is 11.8. The lowest BCUT2D eigenvalue weighted by atomic mass is 9.92. The number of ether oxygens (including phenoxy) is 5. The Bertz CT molecular complexity index is 1960. The van der Waals surface area contributed by atoms with E-state index >= 15 is 0 Å². The second-order valence-corrected chi connectivity index (χ2v) is 21.4. The lowest BCUT2D eigenvalue weighted by molar-refractivity contribution is -0.123. The zero-order chi connectivity index (χ0) is 47.8. The average molecular weight is 977 g/mol. The Morgan fingerprint density at radius 3 is 1.22 bits per heavy atom. The highest BCUT2D eigenvalue weighted by atomic mass is 35.5. The number of amides is 3. The first-order chi connectivity index (χ1) is 32.6. The lowest BCUT2D eigenvalue weighted by Crippen LogP contribution is -3.00. The van der Waals surface area contributed by atoms with Gasteiger partial charge in [0.1, 0.15) is 35.2 Å². The van der Waals surface area contributed by atoms with E-state index in [4.69, 9.17) is 23.7 Å². The Morgan fingerprint density at radius 1 is 0.559 bits per heavy atom. The number of piperidine rings is 3. The highest BCUT2D eigenvalue weighted by molar-refractivity contribution is 7.95. The van der Waals surface area contributed by atoms with E-state index in [-0.39, 0.29) is 66.6 Å². The topological polar surface area (TPSA) is 141 Å². The van der Waals surface area contributed by atoms with Gasteiger partial charge in [0.2, 0.25) is 0 Å². The summed E-state index contributed by atoms with van der Waals surface area (Å²) in [5.74, 6) is 0.436. The fourth-order valence-electron chi connectivity index (χ4n) is 11.0. The molecule has 0 spiro atoms. The number of hydrogen-bond donors (Lipinski definition) is 0. The molecule has 6 fully saturated rings. The first kappa shape index (κ1) is 54.0. The number of ketones is 1. The molecule has 6 heterocycles. The Kier molecular flexibility index (Phi) is 21.2. The van der Waals surface area contributed by atoms with Crippen molar-refractivity contribution in [1.82, 2.24) is 14.7 Å². The molecule has 0 N–H and O–H groups in total. The molecule has 6 aliphatic heterocycles. The fourth-order valence-corrected chi connectivity index (χ4v) is 14.8. The first-order valence-electron chi connectivity index (χ1n) is 24.2. The second kappa shape index (κ2) is 26.7. The minimum Gasteiger partial charge on any atom is -1.00 e. The van der Waals surface area contributed by atoms with Crippen LogP contribution >= 0.6 is 7.26 Å². The van der Waals surface area contributed by atoms with Crippen LogP contribution in [-0.2, 0) is 33.3 Å². The molecule has 3 aromatic carbocycles. The van der Waals surface area contributed by atoms with Crippen LogP contribution in [0.25, 0.3) is 0 Å². The van der Waals surface area contributed by atoms with Crippen molar-refractivity contribution in [2.75, 3.05) is 40.4 Å². The van der Waals surface area contributed by atoms with Crippen LogP contribution in [0.2, 0.25) is 0 Å². The fraction of sp³-hybridized carbons (Fsp3) is 0.528. The van der Waals surface area contributed by atoms with Gasteiger partial charge in [-0.3, -0.25) is 4.79 Å². The van der Waals surface area contributed by atoms with E-state index in [1.807, 2.05) is 29.9 Å². The van der Waals surface area contributed by atoms with Gasteiger partial charge in [-0.05, 0) is 127 Å². The molecule has 3 aromatic rings. The van der Waals surface area contributed by atoms with Gasteiger partial charge < -0.3 is 55.6 Å². The van der Waals surface area contributed by atoms with Crippen LogP contribution in [0.15, 0.2) is 103 Å². The van der Waals surface area contributed by atoms with Gasteiger partial charge in [0.15, 0.2) is 6.35 Å². The van der Waals surface area contributed by atoms with Gasteiger partial charge in [0.25, 0.3) is 0 Å². The van der Waals surface area contributed by atoms with Crippen LogP contribution < -0.4 is 28.3 Å². The zero-order valence-electron chi connectivity index (χ0n) is 40.4. The summed E-state index contributed by atoms with van der Waals surface area (Å²) in [7, 11) is 1.69. The van der Waals surface area contributed by atoms with Gasteiger partial charge in [-0.25, -0.2) is 14.4 Å². The standard InChI is InChI=1S/C20H20OP.C12H19NO3.C11H17NO3.C10H15NO3.ClH/c1-21-17-22(18-11-5-2-6-12-18,19-13-7-3-8-14-19)20-15-9-4-10-16-20;1-3-16-12(14)13-10-4-5-11(13)7-9(6-10)8-15-2;1-2-15-11(14)12-9-3-4-10(12)6-8(5-9)7-13;1-2-14-10(13)11-7-3-4-8(11)6-9(12)5-7;/h2-16H,17H2,1H3;8,10-11H,3-7H2,1-2H3;7-10H,2-6H2,1H3;7-8H,2-6H2,1H3;1H/q+1;;;;/p-1. The number of methoxy groups -OCH3 is 2. The Morgan fingerprint density at radius 2 is 0.897 bits per heavy atom. The van der Waals surface area contributed by atoms with Gasteiger partial charge in [0, 0.05) is 62.1 Å². The van der Waals surface area contributed by atoms with Crippen molar-refractivity contribution in [2.24, 2.45) is 5.92 Å². The van der Waals surface area contributed by atoms with E-state index in [9.17, 15) is 24.0 Å². The van der Waals surface area contributed by atoms with E-state index in [0.29, 0.717) is 51.1 Å². The van der Waals surface area contributed by atoms with Crippen LogP contribution in [0.1, 0.15) is 97.8 Å². The largest absolute Gasteiger partial charge is 1.00 e. The molecule has 9 rings (SSSR count). The normalized spacial score (nSPS) is 24.0. The average Bonchev–Trinajstić information content (AvgIpc) is 3.90. The monoisotopic (exact) mass is 975 g/mol. The SMILES string of the molecule is CCOC(=O)N1C2CCC1CC(=COC)C2.CCOC(=O)N1C2CCC1CC(=O)C2.CCOC(=O)N1C2CCC1CC(C=O)C2.COC[P+](c1ccccc1)(c1ccccc1)c1ccccc1.[Cl-]. The third-order valence-corrected chi connectivity index (χ3v) is 17.9. The maximum Gasteiger partial charge on any atom is 0.410 e. The van der Waals surface area contributed by atoms with Crippen molar-refractivity contribution in [3.63, 3.8) is 0 Å². The van der Waals surface area contributed by atoms with Crippen LogP contribution in [0.4, 0.5) is 14.4 Å². The summed E-state index contributed by atoms with van der Waals surface area (Å²) >= 11 is 0. The van der Waals surface area contributed by atoms with Crippen LogP contribution in [-0.4, -0.2) is 122 Å². The highest BCUT2D eigenvalue weighted by Gasteiger charge is 2.47. The number of nitrogens with zero attached hydrogens (tertiary/aromatic N) is 3. The van der Waals surface area contributed by atoms with E-state index in [0.717, 1.165) is 70.5 Å². The molecule has 68 heavy (non-hydrogen) atoms. The predicted octanol–water partition coefficient (Wildman–Crippen LogP) is 5.81. The smallest absolute Gasteiger partial charge is 0.410 e. The second-order valence-electron chi connectivity index (χ2n) is 17.9. The number of benzene rings is 3. The van der Waals surface area contributed by atoms with Gasteiger partial charge in [-0.1, -0.05) is 54.6 Å². The summed E-state index contributed by atoms with van der Waals surface area (Å²) in [5, 5.41) is 4.07. The molecule has 6 aliphatic rings. The molecule has 6 bridgehead atoms. The molecular formula is C53H71ClN3O10P. The summed E-state index contributed by atoms with van der Waals surface area (Å²) in [5.41, 5.74) is 1.32. The summed E-state index contributed by atoms with van der Waals surface area (Å²) in [6.45, 7) is 6.75. The van der Waals surface area contributed by atoms with E-state index < -0.39 is 7.26 Å². The van der Waals surface area contributed by atoms with Crippen LogP contribution in [0.3, 0.4) is 0 Å². The van der Waals surface area contributed by atoms with E-state index in [1.165, 1.54) is 21.5 Å². The number of fused-ring (bicyclic) bond motifs is 6. The molecule has 0 saturated carbocycles. The Balaban J connectivity index is 0.000000171. The maximum atomic E-state index is 11.8. The number of carbonyl (C=O) groups is 5.